The molecule has 0 atom stereocenters. The fourth-order valence-electron chi connectivity index (χ4n) is 1.72. The minimum atomic E-state index is 0.499. The van der Waals surface area contributed by atoms with Gasteiger partial charge in [0.05, 0.1) is 0 Å². The van der Waals surface area contributed by atoms with Gasteiger partial charge in [-0.1, -0.05) is 30.4 Å². The standard InChI is InChI=1S/C15H22N2O/c1-3-9-17(10-4-2)11-12-18-15-8-6-5-7-14(15)13-16/h3-8H,1-2,9-13,16H2. The van der Waals surface area contributed by atoms with Crippen molar-refractivity contribution < 1.29 is 4.74 Å². The highest BCUT2D eigenvalue weighted by atomic mass is 16.5. The van der Waals surface area contributed by atoms with Crippen molar-refractivity contribution in [3.8, 4) is 5.75 Å². The molecule has 0 aliphatic carbocycles. The number of rotatable bonds is 9. The topological polar surface area (TPSA) is 38.5 Å². The minimum absolute atomic E-state index is 0.499. The van der Waals surface area contributed by atoms with Gasteiger partial charge in [-0.2, -0.15) is 0 Å². The van der Waals surface area contributed by atoms with Gasteiger partial charge in [-0.05, 0) is 6.07 Å². The highest BCUT2D eigenvalue weighted by molar-refractivity contribution is 5.32. The van der Waals surface area contributed by atoms with E-state index < -0.39 is 0 Å². The third-order valence-electron chi connectivity index (χ3n) is 2.63. The molecule has 3 heteroatoms. The lowest BCUT2D eigenvalue weighted by molar-refractivity contribution is 0.235. The van der Waals surface area contributed by atoms with Crippen LogP contribution in [0.1, 0.15) is 5.56 Å². The third-order valence-corrected chi connectivity index (χ3v) is 2.63. The van der Waals surface area contributed by atoms with Gasteiger partial charge < -0.3 is 10.5 Å². The SMILES string of the molecule is C=CCN(CC=C)CCOc1ccccc1CN. The average molecular weight is 246 g/mol. The van der Waals surface area contributed by atoms with E-state index in [-0.39, 0.29) is 0 Å². The molecule has 0 heterocycles. The Balaban J connectivity index is 2.44. The maximum absolute atomic E-state index is 5.76. The number of nitrogens with two attached hydrogens (primary N) is 1. The molecule has 0 spiro atoms. The van der Waals surface area contributed by atoms with Gasteiger partial charge in [0, 0.05) is 31.7 Å². The van der Waals surface area contributed by atoms with Crippen LogP contribution in [-0.2, 0) is 6.54 Å². The first-order valence-electron chi connectivity index (χ1n) is 6.16. The zero-order valence-corrected chi connectivity index (χ0v) is 10.8. The molecule has 0 saturated carbocycles. The molecule has 1 rings (SSSR count). The molecule has 0 saturated heterocycles. The second-order valence-electron chi connectivity index (χ2n) is 4.00. The smallest absolute Gasteiger partial charge is 0.123 e. The summed E-state index contributed by atoms with van der Waals surface area (Å²) in [7, 11) is 0. The molecule has 0 radical (unpaired) electrons. The van der Waals surface area contributed by atoms with Crippen LogP contribution in [0.4, 0.5) is 0 Å². The Kier molecular flexibility index (Phi) is 6.84. The molecule has 0 amide bonds. The molecular weight excluding hydrogens is 224 g/mol. The lowest BCUT2D eigenvalue weighted by Crippen LogP contribution is -2.28. The minimum Gasteiger partial charge on any atom is -0.492 e. The summed E-state index contributed by atoms with van der Waals surface area (Å²) in [5, 5.41) is 0. The maximum Gasteiger partial charge on any atom is 0.123 e. The highest BCUT2D eigenvalue weighted by Gasteiger charge is 2.03. The van der Waals surface area contributed by atoms with Gasteiger partial charge in [0.1, 0.15) is 12.4 Å². The number of hydrogen-bond acceptors (Lipinski definition) is 3. The molecule has 2 N–H and O–H groups in total. The van der Waals surface area contributed by atoms with Gasteiger partial charge >= 0.3 is 0 Å². The van der Waals surface area contributed by atoms with Crippen LogP contribution in [0.2, 0.25) is 0 Å². The average Bonchev–Trinajstić information content (AvgIpc) is 2.40. The van der Waals surface area contributed by atoms with Gasteiger partial charge in [-0.15, -0.1) is 13.2 Å². The van der Waals surface area contributed by atoms with Crippen molar-refractivity contribution in [1.29, 1.82) is 0 Å². The van der Waals surface area contributed by atoms with Crippen molar-refractivity contribution >= 4 is 0 Å². The summed E-state index contributed by atoms with van der Waals surface area (Å²) in [4.78, 5) is 2.21. The lowest BCUT2D eigenvalue weighted by atomic mass is 10.2. The Bertz CT molecular complexity index is 367. The first kappa shape index (κ1) is 14.5. The molecule has 1 aromatic rings. The van der Waals surface area contributed by atoms with Gasteiger partial charge in [-0.25, -0.2) is 0 Å². The molecule has 0 unspecified atom stereocenters. The molecule has 0 aromatic heterocycles. The Morgan fingerprint density at radius 2 is 1.83 bits per heavy atom. The van der Waals surface area contributed by atoms with E-state index in [1.807, 2.05) is 36.4 Å². The van der Waals surface area contributed by atoms with E-state index >= 15 is 0 Å². The van der Waals surface area contributed by atoms with Crippen LogP contribution in [0.15, 0.2) is 49.6 Å². The van der Waals surface area contributed by atoms with Crippen LogP contribution in [0.5, 0.6) is 5.75 Å². The van der Waals surface area contributed by atoms with Crippen molar-refractivity contribution in [2.75, 3.05) is 26.2 Å². The number of para-hydroxylation sites is 1. The summed E-state index contributed by atoms with van der Waals surface area (Å²) in [6, 6.07) is 7.87. The van der Waals surface area contributed by atoms with Crippen molar-refractivity contribution in [1.82, 2.24) is 4.90 Å². The molecule has 1 aromatic carbocycles. The van der Waals surface area contributed by atoms with Crippen LogP contribution >= 0.6 is 0 Å². The van der Waals surface area contributed by atoms with Gasteiger partial charge in [0.15, 0.2) is 0 Å². The molecule has 0 aliphatic rings. The van der Waals surface area contributed by atoms with Gasteiger partial charge in [0.25, 0.3) is 0 Å². The number of nitrogens with zero attached hydrogens (tertiary/aromatic N) is 1. The van der Waals surface area contributed by atoms with Crippen molar-refractivity contribution in [3.05, 3.63) is 55.1 Å². The molecule has 0 aliphatic heterocycles. The molecular formula is C15H22N2O. The predicted octanol–water partition coefficient (Wildman–Crippen LogP) is 2.20. The third kappa shape index (κ3) is 4.73. The van der Waals surface area contributed by atoms with Crippen molar-refractivity contribution in [3.63, 3.8) is 0 Å². The lowest BCUT2D eigenvalue weighted by Gasteiger charge is -2.19. The van der Waals surface area contributed by atoms with E-state index in [9.17, 15) is 0 Å². The first-order valence-corrected chi connectivity index (χ1v) is 6.16. The fourth-order valence-corrected chi connectivity index (χ4v) is 1.72. The number of ether oxygens (including phenoxy) is 1. The monoisotopic (exact) mass is 246 g/mol. The summed E-state index contributed by atoms with van der Waals surface area (Å²) in [6.45, 7) is 11.1. The summed E-state index contributed by atoms with van der Waals surface area (Å²) < 4.78 is 5.76. The molecule has 0 bridgehead atoms. The second-order valence-corrected chi connectivity index (χ2v) is 4.00. The molecule has 18 heavy (non-hydrogen) atoms. The summed E-state index contributed by atoms with van der Waals surface area (Å²) in [5.41, 5.74) is 6.70. The molecule has 3 nitrogen and oxygen atoms in total. The predicted molar refractivity (Wildman–Crippen MR) is 76.7 cm³/mol. The second kappa shape index (κ2) is 8.50. The van der Waals surface area contributed by atoms with Crippen LogP contribution in [0, 0.1) is 0 Å². The van der Waals surface area contributed by atoms with E-state index in [1.165, 1.54) is 0 Å². The maximum atomic E-state index is 5.76. The van der Waals surface area contributed by atoms with E-state index in [2.05, 4.69) is 18.1 Å². The van der Waals surface area contributed by atoms with Gasteiger partial charge in [0.2, 0.25) is 0 Å². The van der Waals surface area contributed by atoms with Gasteiger partial charge in [-0.3, -0.25) is 4.90 Å². The summed E-state index contributed by atoms with van der Waals surface area (Å²) in [5.74, 6) is 0.872. The molecule has 98 valence electrons. The zero-order chi connectivity index (χ0) is 13.2. The van der Waals surface area contributed by atoms with Crippen LogP contribution in [0.3, 0.4) is 0 Å². The van der Waals surface area contributed by atoms with Crippen LogP contribution in [0.25, 0.3) is 0 Å². The largest absolute Gasteiger partial charge is 0.492 e. The van der Waals surface area contributed by atoms with Crippen molar-refractivity contribution in [2.24, 2.45) is 5.73 Å². The van der Waals surface area contributed by atoms with E-state index in [1.54, 1.807) is 0 Å². The number of benzene rings is 1. The zero-order valence-electron chi connectivity index (χ0n) is 10.8. The number of hydrogen-bond donors (Lipinski definition) is 1. The van der Waals surface area contributed by atoms with E-state index in [0.717, 1.165) is 30.9 Å². The normalized spacial score (nSPS) is 10.3. The molecule has 0 fully saturated rings. The summed E-state index contributed by atoms with van der Waals surface area (Å²) in [6.07, 6.45) is 3.77. The first-order chi connectivity index (χ1) is 8.81. The van der Waals surface area contributed by atoms with E-state index in [4.69, 9.17) is 10.5 Å². The Morgan fingerprint density at radius 1 is 1.17 bits per heavy atom. The fraction of sp³-hybridized carbons (Fsp3) is 0.333. The van der Waals surface area contributed by atoms with E-state index in [0.29, 0.717) is 13.2 Å². The van der Waals surface area contributed by atoms with Crippen LogP contribution in [-0.4, -0.2) is 31.1 Å². The quantitative estimate of drug-likeness (QED) is 0.679. The Morgan fingerprint density at radius 3 is 2.44 bits per heavy atom. The highest BCUT2D eigenvalue weighted by Crippen LogP contribution is 2.16. The Hall–Kier alpha value is -1.58. The van der Waals surface area contributed by atoms with Crippen LogP contribution < -0.4 is 10.5 Å². The Labute approximate surface area is 110 Å². The summed E-state index contributed by atoms with van der Waals surface area (Å²) >= 11 is 0. The van der Waals surface area contributed by atoms with Crippen molar-refractivity contribution in [2.45, 2.75) is 6.54 Å².